The zero-order chi connectivity index (χ0) is 12.4. The van der Waals surface area contributed by atoms with Crippen LogP contribution in [0.25, 0.3) is 0 Å². The molecule has 0 aromatic carbocycles. The van der Waals surface area contributed by atoms with Crippen molar-refractivity contribution >= 4 is 5.91 Å². The maximum atomic E-state index is 12.3. The third-order valence-corrected chi connectivity index (χ3v) is 3.41. The molecule has 1 fully saturated rings. The topological polar surface area (TPSA) is 87.9 Å². The number of rotatable bonds is 2. The molecule has 0 spiro atoms. The molecule has 2 rings (SSSR count). The third-order valence-electron chi connectivity index (χ3n) is 3.41. The van der Waals surface area contributed by atoms with Gasteiger partial charge in [-0.15, -0.1) is 5.10 Å². The van der Waals surface area contributed by atoms with E-state index in [1.807, 2.05) is 4.90 Å². The van der Waals surface area contributed by atoms with E-state index in [0.29, 0.717) is 18.3 Å². The molecule has 2 heterocycles. The number of nitrogens with two attached hydrogens (primary N) is 1. The number of amides is 1. The Labute approximate surface area is 101 Å². The molecule has 2 atom stereocenters. The first-order valence-electron chi connectivity index (χ1n) is 6.03. The number of aromatic nitrogens is 3. The first-order valence-corrected chi connectivity index (χ1v) is 6.03. The molecule has 0 radical (unpaired) electrons. The summed E-state index contributed by atoms with van der Waals surface area (Å²) in [7, 11) is 0. The molecule has 6 nitrogen and oxygen atoms in total. The molecule has 1 saturated heterocycles. The number of aromatic amines is 1. The zero-order valence-corrected chi connectivity index (χ0v) is 10.3. The van der Waals surface area contributed by atoms with Gasteiger partial charge in [-0.2, -0.15) is 0 Å². The van der Waals surface area contributed by atoms with Gasteiger partial charge in [0.1, 0.15) is 5.82 Å². The van der Waals surface area contributed by atoms with E-state index in [9.17, 15) is 4.79 Å². The molecule has 3 N–H and O–H groups in total. The Hall–Kier alpha value is -1.43. The fourth-order valence-electron chi connectivity index (χ4n) is 2.43. The SMILES string of the molecule is Cc1nc(C(=O)N2CCCC(C)C2CN)n[nH]1. The molecule has 0 aliphatic carbocycles. The van der Waals surface area contributed by atoms with Crippen LogP contribution in [0, 0.1) is 12.8 Å². The molecular weight excluding hydrogens is 218 g/mol. The molecule has 1 aliphatic rings. The summed E-state index contributed by atoms with van der Waals surface area (Å²) in [5.74, 6) is 1.23. The van der Waals surface area contributed by atoms with Crippen molar-refractivity contribution < 1.29 is 4.79 Å². The van der Waals surface area contributed by atoms with Crippen LogP contribution in [0.15, 0.2) is 0 Å². The largest absolute Gasteiger partial charge is 0.331 e. The molecule has 0 bridgehead atoms. The quantitative estimate of drug-likeness (QED) is 0.775. The Kier molecular flexibility index (Phi) is 3.42. The Morgan fingerprint density at radius 2 is 2.41 bits per heavy atom. The lowest BCUT2D eigenvalue weighted by atomic mass is 9.90. The summed E-state index contributed by atoms with van der Waals surface area (Å²) in [6, 6.07) is 0.107. The van der Waals surface area contributed by atoms with Gasteiger partial charge in [0.2, 0.25) is 5.82 Å². The predicted octanol–water partition coefficient (Wildman–Crippen LogP) is 0.313. The maximum absolute atomic E-state index is 12.3. The molecule has 6 heteroatoms. The molecule has 1 aromatic rings. The minimum atomic E-state index is -0.114. The number of nitrogens with one attached hydrogen (secondary N) is 1. The van der Waals surface area contributed by atoms with Crippen molar-refractivity contribution in [2.45, 2.75) is 32.7 Å². The second-order valence-electron chi connectivity index (χ2n) is 4.67. The zero-order valence-electron chi connectivity index (χ0n) is 10.3. The fourth-order valence-corrected chi connectivity index (χ4v) is 2.43. The normalized spacial score (nSPS) is 25.0. The lowest BCUT2D eigenvalue weighted by Crippen LogP contribution is -2.51. The van der Waals surface area contributed by atoms with Crippen LogP contribution in [0.5, 0.6) is 0 Å². The van der Waals surface area contributed by atoms with Crippen molar-refractivity contribution in [2.75, 3.05) is 13.1 Å². The summed E-state index contributed by atoms with van der Waals surface area (Å²) < 4.78 is 0. The molecular formula is C11H19N5O. The molecule has 1 aliphatic heterocycles. The highest BCUT2D eigenvalue weighted by molar-refractivity contribution is 5.90. The molecule has 17 heavy (non-hydrogen) atoms. The van der Waals surface area contributed by atoms with Crippen LogP contribution in [-0.4, -0.2) is 45.1 Å². The van der Waals surface area contributed by atoms with Gasteiger partial charge in [-0.3, -0.25) is 9.89 Å². The Morgan fingerprint density at radius 1 is 1.65 bits per heavy atom. The van der Waals surface area contributed by atoms with E-state index in [4.69, 9.17) is 5.73 Å². The lowest BCUT2D eigenvalue weighted by Gasteiger charge is -2.38. The van der Waals surface area contributed by atoms with Crippen molar-refractivity contribution in [3.05, 3.63) is 11.6 Å². The number of H-pyrrole nitrogens is 1. The van der Waals surface area contributed by atoms with Gasteiger partial charge < -0.3 is 10.6 Å². The van der Waals surface area contributed by atoms with Gasteiger partial charge in [-0.05, 0) is 25.7 Å². The van der Waals surface area contributed by atoms with Crippen molar-refractivity contribution in [1.29, 1.82) is 0 Å². The highest BCUT2D eigenvalue weighted by atomic mass is 16.2. The number of likely N-dealkylation sites (tertiary alicyclic amines) is 1. The van der Waals surface area contributed by atoms with Crippen LogP contribution in [0.3, 0.4) is 0 Å². The smallest absolute Gasteiger partial charge is 0.293 e. The number of hydrogen-bond acceptors (Lipinski definition) is 4. The van der Waals surface area contributed by atoms with E-state index in [2.05, 4.69) is 22.1 Å². The number of hydrogen-bond donors (Lipinski definition) is 2. The van der Waals surface area contributed by atoms with Crippen molar-refractivity contribution in [1.82, 2.24) is 20.1 Å². The van der Waals surface area contributed by atoms with Gasteiger partial charge in [0.05, 0.1) is 0 Å². The van der Waals surface area contributed by atoms with Crippen molar-refractivity contribution in [3.8, 4) is 0 Å². The molecule has 94 valence electrons. The van der Waals surface area contributed by atoms with E-state index >= 15 is 0 Å². The van der Waals surface area contributed by atoms with Crippen LogP contribution in [0.1, 0.15) is 36.2 Å². The Balaban J connectivity index is 2.17. The van der Waals surface area contributed by atoms with Gasteiger partial charge in [0.25, 0.3) is 5.91 Å². The van der Waals surface area contributed by atoms with Crippen LogP contribution >= 0.6 is 0 Å². The number of carbonyl (C=O) groups excluding carboxylic acids is 1. The second-order valence-corrected chi connectivity index (χ2v) is 4.67. The van der Waals surface area contributed by atoms with E-state index in [1.54, 1.807) is 6.92 Å². The summed E-state index contributed by atoms with van der Waals surface area (Å²) in [5, 5.41) is 6.61. The van der Waals surface area contributed by atoms with Crippen molar-refractivity contribution in [2.24, 2.45) is 11.7 Å². The van der Waals surface area contributed by atoms with Gasteiger partial charge in [-0.1, -0.05) is 6.92 Å². The monoisotopic (exact) mass is 237 g/mol. The minimum absolute atomic E-state index is 0.107. The average molecular weight is 237 g/mol. The molecule has 1 amide bonds. The molecule has 2 unspecified atom stereocenters. The van der Waals surface area contributed by atoms with Crippen LogP contribution in [0.4, 0.5) is 0 Å². The van der Waals surface area contributed by atoms with Gasteiger partial charge in [0.15, 0.2) is 0 Å². The Bertz CT molecular complexity index is 402. The summed E-state index contributed by atoms with van der Waals surface area (Å²) >= 11 is 0. The average Bonchev–Trinajstić information content (AvgIpc) is 2.74. The molecule has 1 aromatic heterocycles. The highest BCUT2D eigenvalue weighted by Crippen LogP contribution is 2.23. The van der Waals surface area contributed by atoms with E-state index < -0.39 is 0 Å². The first-order chi connectivity index (χ1) is 8.13. The van der Waals surface area contributed by atoms with E-state index in [0.717, 1.165) is 19.4 Å². The second kappa shape index (κ2) is 4.83. The highest BCUT2D eigenvalue weighted by Gasteiger charge is 2.32. The summed E-state index contributed by atoms with van der Waals surface area (Å²) in [6.07, 6.45) is 2.14. The number of carbonyl (C=O) groups is 1. The standard InChI is InChI=1S/C11H19N5O/c1-7-4-3-5-16(9(7)6-12)11(17)10-13-8(2)14-15-10/h7,9H,3-6,12H2,1-2H3,(H,13,14,15). The minimum Gasteiger partial charge on any atom is -0.331 e. The number of aryl methyl sites for hydroxylation is 1. The first kappa shape index (κ1) is 12.0. The fraction of sp³-hybridized carbons (Fsp3) is 0.727. The van der Waals surface area contributed by atoms with Gasteiger partial charge >= 0.3 is 0 Å². The summed E-state index contributed by atoms with van der Waals surface area (Å²) in [4.78, 5) is 18.2. The van der Waals surface area contributed by atoms with Crippen molar-refractivity contribution in [3.63, 3.8) is 0 Å². The predicted molar refractivity (Wildman–Crippen MR) is 63.4 cm³/mol. The Morgan fingerprint density at radius 3 is 3.00 bits per heavy atom. The number of nitrogens with zero attached hydrogens (tertiary/aromatic N) is 3. The lowest BCUT2D eigenvalue weighted by molar-refractivity contribution is 0.0520. The van der Waals surface area contributed by atoms with Crippen LogP contribution in [-0.2, 0) is 0 Å². The van der Waals surface area contributed by atoms with Gasteiger partial charge in [0, 0.05) is 19.1 Å². The number of piperidine rings is 1. The van der Waals surface area contributed by atoms with Gasteiger partial charge in [-0.25, -0.2) is 4.98 Å². The molecule has 0 saturated carbocycles. The van der Waals surface area contributed by atoms with E-state index in [1.165, 1.54) is 0 Å². The summed E-state index contributed by atoms with van der Waals surface area (Å²) in [6.45, 7) is 5.16. The maximum Gasteiger partial charge on any atom is 0.293 e. The van der Waals surface area contributed by atoms with Crippen LogP contribution < -0.4 is 5.73 Å². The summed E-state index contributed by atoms with van der Waals surface area (Å²) in [5.41, 5.74) is 5.76. The third kappa shape index (κ3) is 2.31. The van der Waals surface area contributed by atoms with E-state index in [-0.39, 0.29) is 17.8 Å². The van der Waals surface area contributed by atoms with Crippen LogP contribution in [0.2, 0.25) is 0 Å².